The lowest BCUT2D eigenvalue weighted by Gasteiger charge is -2.00. The van der Waals surface area contributed by atoms with Gasteiger partial charge >= 0.3 is 0 Å². The van der Waals surface area contributed by atoms with E-state index in [0.29, 0.717) is 10.8 Å². The van der Waals surface area contributed by atoms with Gasteiger partial charge in [-0.2, -0.15) is 0 Å². The van der Waals surface area contributed by atoms with E-state index in [1.54, 1.807) is 17.5 Å². The third kappa shape index (κ3) is 2.21. The minimum atomic E-state index is -1.07. The predicted molar refractivity (Wildman–Crippen MR) is 76.2 cm³/mol. The lowest BCUT2D eigenvalue weighted by Crippen LogP contribution is -1.97. The van der Waals surface area contributed by atoms with E-state index < -0.39 is 10.8 Å². The average molecular weight is 273 g/mol. The maximum Gasteiger partial charge on any atom is 0.127 e. The van der Waals surface area contributed by atoms with Gasteiger partial charge in [-0.3, -0.25) is 4.21 Å². The molecule has 90 valence electrons. The van der Waals surface area contributed by atoms with Crippen LogP contribution in [0.2, 0.25) is 0 Å². The minimum Gasteiger partial charge on any atom is -0.252 e. The topological polar surface area (TPSA) is 30.0 Å². The van der Waals surface area contributed by atoms with Crippen molar-refractivity contribution in [2.75, 3.05) is 0 Å². The Morgan fingerprint density at radius 2 is 1.94 bits per heavy atom. The Morgan fingerprint density at radius 1 is 1.11 bits per heavy atom. The van der Waals surface area contributed by atoms with E-state index in [9.17, 15) is 4.21 Å². The molecule has 3 rings (SSSR count). The quantitative estimate of drug-likeness (QED) is 0.729. The van der Waals surface area contributed by atoms with Crippen LogP contribution in [0.3, 0.4) is 0 Å². The van der Waals surface area contributed by atoms with Crippen molar-refractivity contribution >= 4 is 32.2 Å². The summed E-state index contributed by atoms with van der Waals surface area (Å²) in [5.41, 5.74) is 1.14. The van der Waals surface area contributed by atoms with Gasteiger partial charge in [-0.05, 0) is 34.5 Å². The molecule has 1 unspecified atom stereocenters. The lowest BCUT2D eigenvalue weighted by molar-refractivity contribution is 0.680. The molecule has 2 nitrogen and oxygen atoms in total. The summed E-state index contributed by atoms with van der Waals surface area (Å²) < 4.78 is 13.5. The molecule has 0 aliphatic carbocycles. The highest BCUT2D eigenvalue weighted by Gasteiger charge is 2.09. The number of rotatable bonds is 3. The summed E-state index contributed by atoms with van der Waals surface area (Å²) in [5.74, 6) is 0.529. The van der Waals surface area contributed by atoms with Crippen LogP contribution < -0.4 is 0 Å². The summed E-state index contributed by atoms with van der Waals surface area (Å²) in [6.45, 7) is 0. The van der Waals surface area contributed by atoms with Crippen LogP contribution in [-0.2, 0) is 16.6 Å². The number of fused-ring (bicyclic) bond motifs is 1. The molecule has 2 heterocycles. The second-order valence-corrected chi connectivity index (χ2v) is 6.22. The summed E-state index contributed by atoms with van der Waals surface area (Å²) in [4.78, 5) is 4.14. The Hall–Kier alpha value is -1.52. The molecule has 0 radical (unpaired) electrons. The minimum absolute atomic E-state index is 0.529. The molecule has 0 fully saturated rings. The Balaban J connectivity index is 1.91. The monoisotopic (exact) mass is 273 g/mol. The average Bonchev–Trinajstić information content (AvgIpc) is 2.83. The molecule has 0 spiro atoms. The van der Waals surface area contributed by atoms with E-state index in [1.165, 1.54) is 10.1 Å². The maximum atomic E-state index is 12.2. The highest BCUT2D eigenvalue weighted by Crippen LogP contribution is 2.27. The summed E-state index contributed by atoms with van der Waals surface area (Å²) in [6.07, 6.45) is 1.68. The second kappa shape index (κ2) is 5.00. The van der Waals surface area contributed by atoms with Crippen molar-refractivity contribution in [2.24, 2.45) is 0 Å². The number of hydrogen-bond acceptors (Lipinski definition) is 3. The van der Waals surface area contributed by atoms with Crippen LogP contribution >= 0.6 is 11.3 Å². The van der Waals surface area contributed by atoms with E-state index in [4.69, 9.17) is 0 Å². The SMILES string of the molecule is O=S(Cc1csc2ccccc12)c1ccccn1. The van der Waals surface area contributed by atoms with E-state index in [2.05, 4.69) is 22.5 Å². The van der Waals surface area contributed by atoms with Crippen LogP contribution in [0, 0.1) is 0 Å². The van der Waals surface area contributed by atoms with Crippen LogP contribution in [0.5, 0.6) is 0 Å². The van der Waals surface area contributed by atoms with Crippen molar-refractivity contribution in [1.82, 2.24) is 4.98 Å². The molecule has 0 bridgehead atoms. The third-order valence-corrected chi connectivity index (χ3v) is 5.01. The first kappa shape index (κ1) is 11.6. The first-order valence-electron chi connectivity index (χ1n) is 5.59. The van der Waals surface area contributed by atoms with Crippen molar-refractivity contribution < 1.29 is 4.21 Å². The molecular formula is C14H11NOS2. The predicted octanol–water partition coefficient (Wildman–Crippen LogP) is 3.60. The van der Waals surface area contributed by atoms with Gasteiger partial charge < -0.3 is 0 Å². The van der Waals surface area contributed by atoms with Crippen LogP contribution in [0.25, 0.3) is 10.1 Å². The van der Waals surface area contributed by atoms with Crippen LogP contribution in [-0.4, -0.2) is 9.19 Å². The van der Waals surface area contributed by atoms with Crippen molar-refractivity contribution in [1.29, 1.82) is 0 Å². The second-order valence-electron chi connectivity index (χ2n) is 3.91. The zero-order valence-corrected chi connectivity index (χ0v) is 11.2. The summed E-state index contributed by atoms with van der Waals surface area (Å²) in [6, 6.07) is 13.7. The van der Waals surface area contributed by atoms with Gasteiger partial charge in [0.2, 0.25) is 0 Å². The fourth-order valence-electron chi connectivity index (χ4n) is 1.84. The van der Waals surface area contributed by atoms with Crippen molar-refractivity contribution in [3.63, 3.8) is 0 Å². The number of aromatic nitrogens is 1. The molecular weight excluding hydrogens is 262 g/mol. The van der Waals surface area contributed by atoms with Crippen LogP contribution in [0.1, 0.15) is 5.56 Å². The van der Waals surface area contributed by atoms with Gasteiger partial charge in [-0.25, -0.2) is 4.98 Å². The molecule has 0 aliphatic rings. The van der Waals surface area contributed by atoms with Gasteiger partial charge in [-0.15, -0.1) is 11.3 Å². The maximum absolute atomic E-state index is 12.2. The standard InChI is InChI=1S/C14H11NOS2/c16-18(14-7-3-4-8-15-14)10-11-9-17-13-6-2-1-5-12(11)13/h1-9H,10H2. The molecule has 0 saturated carbocycles. The first-order valence-corrected chi connectivity index (χ1v) is 7.79. The molecule has 0 saturated heterocycles. The Labute approximate surface area is 112 Å². The van der Waals surface area contributed by atoms with E-state index in [-0.39, 0.29) is 0 Å². The highest BCUT2D eigenvalue weighted by molar-refractivity contribution is 7.84. The zero-order chi connectivity index (χ0) is 12.4. The fourth-order valence-corrected chi connectivity index (χ4v) is 3.99. The Bertz CT molecular complexity index is 691. The van der Waals surface area contributed by atoms with E-state index in [0.717, 1.165) is 5.56 Å². The first-order chi connectivity index (χ1) is 8.84. The normalized spacial score (nSPS) is 12.7. The molecule has 1 atom stereocenters. The van der Waals surface area contributed by atoms with E-state index >= 15 is 0 Å². The van der Waals surface area contributed by atoms with Crippen molar-refractivity contribution in [3.05, 3.63) is 59.6 Å². The summed E-state index contributed by atoms with van der Waals surface area (Å²) in [7, 11) is -1.07. The van der Waals surface area contributed by atoms with Crippen molar-refractivity contribution in [2.45, 2.75) is 10.8 Å². The number of hydrogen-bond donors (Lipinski definition) is 0. The molecule has 0 amide bonds. The number of thiophene rings is 1. The molecule has 4 heteroatoms. The molecule has 18 heavy (non-hydrogen) atoms. The van der Waals surface area contributed by atoms with Gasteiger partial charge in [0.1, 0.15) is 5.03 Å². The third-order valence-electron chi connectivity index (χ3n) is 2.72. The smallest absolute Gasteiger partial charge is 0.127 e. The fraction of sp³-hybridized carbons (Fsp3) is 0.0714. The number of nitrogens with zero attached hydrogens (tertiary/aromatic N) is 1. The Kier molecular flexibility index (Phi) is 3.21. The number of benzene rings is 1. The lowest BCUT2D eigenvalue weighted by atomic mass is 10.2. The Morgan fingerprint density at radius 3 is 2.78 bits per heavy atom. The highest BCUT2D eigenvalue weighted by atomic mass is 32.2. The summed E-state index contributed by atoms with van der Waals surface area (Å²) in [5, 5.41) is 3.94. The summed E-state index contributed by atoms with van der Waals surface area (Å²) >= 11 is 1.70. The number of pyridine rings is 1. The zero-order valence-electron chi connectivity index (χ0n) is 9.58. The van der Waals surface area contributed by atoms with Gasteiger partial charge in [-0.1, -0.05) is 24.3 Å². The van der Waals surface area contributed by atoms with Gasteiger partial charge in [0, 0.05) is 10.9 Å². The van der Waals surface area contributed by atoms with Crippen molar-refractivity contribution in [3.8, 4) is 0 Å². The molecule has 2 aromatic heterocycles. The largest absolute Gasteiger partial charge is 0.252 e. The molecule has 1 aromatic carbocycles. The molecule has 3 aromatic rings. The van der Waals surface area contributed by atoms with E-state index in [1.807, 2.05) is 30.3 Å². The van der Waals surface area contributed by atoms with Crippen LogP contribution in [0.4, 0.5) is 0 Å². The van der Waals surface area contributed by atoms with Gasteiger partial charge in [0.25, 0.3) is 0 Å². The van der Waals surface area contributed by atoms with Gasteiger partial charge in [0.05, 0.1) is 16.6 Å². The van der Waals surface area contributed by atoms with Crippen LogP contribution in [0.15, 0.2) is 59.1 Å². The molecule has 0 N–H and O–H groups in total. The van der Waals surface area contributed by atoms with Gasteiger partial charge in [0.15, 0.2) is 0 Å². The molecule has 0 aliphatic heterocycles.